The summed E-state index contributed by atoms with van der Waals surface area (Å²) in [5.74, 6) is 0.708. The van der Waals surface area contributed by atoms with Gasteiger partial charge in [-0.05, 0) is 48.3 Å². The average Bonchev–Trinajstić information content (AvgIpc) is 2.88. The largest absolute Gasteiger partial charge is 0.446 e. The molecule has 2 N–H and O–H groups in total. The summed E-state index contributed by atoms with van der Waals surface area (Å²) in [5.41, 5.74) is 2.65. The summed E-state index contributed by atoms with van der Waals surface area (Å²) in [7, 11) is 0. The van der Waals surface area contributed by atoms with E-state index in [1.165, 1.54) is 18.6 Å². The first kappa shape index (κ1) is 16.6. The molecule has 1 aromatic rings. The Morgan fingerprint density at radius 3 is 2.48 bits per heavy atom. The van der Waals surface area contributed by atoms with Crippen LogP contribution in [0.25, 0.3) is 0 Å². The predicted octanol–water partition coefficient (Wildman–Crippen LogP) is 4.03. The summed E-state index contributed by atoms with van der Waals surface area (Å²) in [4.78, 5) is 2.56. The van der Waals surface area contributed by atoms with Gasteiger partial charge in [-0.25, -0.2) is 0 Å². The van der Waals surface area contributed by atoms with Gasteiger partial charge in [-0.15, -0.1) is 0 Å². The Morgan fingerprint density at radius 2 is 2.00 bits per heavy atom. The molecule has 0 bridgehead atoms. The van der Waals surface area contributed by atoms with Crippen LogP contribution in [0.3, 0.4) is 0 Å². The minimum Gasteiger partial charge on any atom is -0.329 e. The highest BCUT2D eigenvalue weighted by Gasteiger charge is 2.30. The van der Waals surface area contributed by atoms with Crippen LogP contribution in [-0.2, 0) is 0 Å². The third-order valence-electron chi connectivity index (χ3n) is 4.06. The first-order valence-electron chi connectivity index (χ1n) is 7.22. The maximum atomic E-state index is 12.3. The molecule has 118 valence electrons. The molecule has 1 aliphatic rings. The number of hydrogen-bond donors (Lipinski definition) is 1. The molecule has 6 heteroatoms. The standard InChI is InChI=1S/C15H21F3N2S/c1-2-11-7-8-20(10-11)14(9-19)12-3-5-13(6-4-12)21-15(16,17)18/h3-6,11,14H,2,7-10,19H2,1H3. The molecular formula is C15H21F3N2S. The summed E-state index contributed by atoms with van der Waals surface area (Å²) in [6.45, 7) is 4.72. The number of alkyl halides is 3. The number of benzene rings is 1. The van der Waals surface area contributed by atoms with Gasteiger partial charge in [0, 0.05) is 24.0 Å². The van der Waals surface area contributed by atoms with Crippen LogP contribution in [0.15, 0.2) is 29.2 Å². The highest BCUT2D eigenvalue weighted by molar-refractivity contribution is 8.00. The summed E-state index contributed by atoms with van der Waals surface area (Å²) < 4.78 is 37.0. The van der Waals surface area contributed by atoms with Gasteiger partial charge in [-0.1, -0.05) is 25.5 Å². The van der Waals surface area contributed by atoms with E-state index in [4.69, 9.17) is 5.73 Å². The van der Waals surface area contributed by atoms with E-state index in [-0.39, 0.29) is 22.7 Å². The van der Waals surface area contributed by atoms with Crippen molar-refractivity contribution >= 4 is 11.8 Å². The fourth-order valence-corrected chi connectivity index (χ4v) is 3.41. The molecule has 0 amide bonds. The zero-order chi connectivity index (χ0) is 15.5. The molecule has 1 heterocycles. The Hall–Kier alpha value is -0.720. The van der Waals surface area contributed by atoms with Gasteiger partial charge in [-0.2, -0.15) is 13.2 Å². The first-order valence-corrected chi connectivity index (χ1v) is 8.04. The second kappa shape index (κ2) is 7.03. The normalized spacial score (nSPS) is 21.7. The molecule has 1 saturated heterocycles. The van der Waals surface area contributed by atoms with E-state index in [1.54, 1.807) is 12.1 Å². The van der Waals surface area contributed by atoms with Crippen molar-refractivity contribution in [1.29, 1.82) is 0 Å². The maximum Gasteiger partial charge on any atom is 0.446 e. The van der Waals surface area contributed by atoms with Gasteiger partial charge in [0.2, 0.25) is 0 Å². The third kappa shape index (κ3) is 4.63. The highest BCUT2D eigenvalue weighted by Crippen LogP contribution is 2.37. The molecule has 0 aromatic heterocycles. The third-order valence-corrected chi connectivity index (χ3v) is 4.80. The topological polar surface area (TPSA) is 29.3 Å². The number of thioether (sulfide) groups is 1. The van der Waals surface area contributed by atoms with Crippen LogP contribution >= 0.6 is 11.8 Å². The van der Waals surface area contributed by atoms with Crippen molar-refractivity contribution in [1.82, 2.24) is 4.90 Å². The molecule has 0 spiro atoms. The molecule has 0 saturated carbocycles. The van der Waals surface area contributed by atoms with E-state index in [1.807, 2.05) is 0 Å². The van der Waals surface area contributed by atoms with E-state index < -0.39 is 5.51 Å². The number of halogens is 3. The summed E-state index contributed by atoms with van der Waals surface area (Å²) in [6, 6.07) is 6.70. The molecule has 21 heavy (non-hydrogen) atoms. The van der Waals surface area contributed by atoms with Crippen molar-refractivity contribution in [2.45, 2.75) is 36.2 Å². The van der Waals surface area contributed by atoms with Gasteiger partial charge in [0.25, 0.3) is 0 Å². The Labute approximate surface area is 127 Å². The van der Waals surface area contributed by atoms with Crippen LogP contribution in [0.2, 0.25) is 0 Å². The minimum atomic E-state index is -4.24. The van der Waals surface area contributed by atoms with Crippen LogP contribution in [0.4, 0.5) is 13.2 Å². The summed E-state index contributed by atoms with van der Waals surface area (Å²) in [5, 5.41) is 0. The molecule has 0 aliphatic carbocycles. The molecule has 1 aliphatic heterocycles. The summed E-state index contributed by atoms with van der Waals surface area (Å²) >= 11 is -0.0798. The number of likely N-dealkylation sites (tertiary alicyclic amines) is 1. The Balaban J connectivity index is 2.05. The van der Waals surface area contributed by atoms with Crippen molar-refractivity contribution in [3.8, 4) is 0 Å². The van der Waals surface area contributed by atoms with Crippen LogP contribution in [-0.4, -0.2) is 30.0 Å². The lowest BCUT2D eigenvalue weighted by atomic mass is 10.0. The average molecular weight is 318 g/mol. The maximum absolute atomic E-state index is 12.3. The smallest absolute Gasteiger partial charge is 0.329 e. The molecule has 2 unspecified atom stereocenters. The number of nitrogens with two attached hydrogens (primary N) is 1. The lowest BCUT2D eigenvalue weighted by Crippen LogP contribution is -2.32. The molecule has 2 rings (SSSR count). The van der Waals surface area contributed by atoms with E-state index in [0.29, 0.717) is 12.5 Å². The van der Waals surface area contributed by atoms with Crippen LogP contribution in [0.1, 0.15) is 31.4 Å². The van der Waals surface area contributed by atoms with Crippen molar-refractivity contribution in [2.24, 2.45) is 11.7 Å². The lowest BCUT2D eigenvalue weighted by Gasteiger charge is -2.27. The molecule has 2 nitrogen and oxygen atoms in total. The van der Waals surface area contributed by atoms with Gasteiger partial charge in [0.1, 0.15) is 0 Å². The zero-order valence-electron chi connectivity index (χ0n) is 12.1. The first-order chi connectivity index (χ1) is 9.93. The van der Waals surface area contributed by atoms with E-state index in [0.717, 1.165) is 25.1 Å². The monoisotopic (exact) mass is 318 g/mol. The van der Waals surface area contributed by atoms with E-state index in [2.05, 4.69) is 11.8 Å². The van der Waals surface area contributed by atoms with Gasteiger partial charge in [0.15, 0.2) is 0 Å². The fraction of sp³-hybridized carbons (Fsp3) is 0.600. The Kier molecular flexibility index (Phi) is 5.57. The zero-order valence-corrected chi connectivity index (χ0v) is 12.9. The van der Waals surface area contributed by atoms with Crippen molar-refractivity contribution in [2.75, 3.05) is 19.6 Å². The van der Waals surface area contributed by atoms with E-state index >= 15 is 0 Å². The number of nitrogens with zero attached hydrogens (tertiary/aromatic N) is 1. The SMILES string of the molecule is CCC1CCN(C(CN)c2ccc(SC(F)(F)F)cc2)C1. The van der Waals surface area contributed by atoms with E-state index in [9.17, 15) is 13.2 Å². The second-order valence-electron chi connectivity index (χ2n) is 5.43. The van der Waals surface area contributed by atoms with Gasteiger partial charge in [-0.3, -0.25) is 4.90 Å². The quantitative estimate of drug-likeness (QED) is 0.831. The van der Waals surface area contributed by atoms with Gasteiger partial charge in [0.05, 0.1) is 0 Å². The van der Waals surface area contributed by atoms with Crippen molar-refractivity contribution in [3.63, 3.8) is 0 Å². The lowest BCUT2D eigenvalue weighted by molar-refractivity contribution is -0.0328. The molecule has 2 atom stereocenters. The predicted molar refractivity (Wildman–Crippen MR) is 80.1 cm³/mol. The Bertz CT molecular complexity index is 447. The van der Waals surface area contributed by atoms with Crippen molar-refractivity contribution in [3.05, 3.63) is 29.8 Å². The number of hydrogen-bond acceptors (Lipinski definition) is 3. The number of rotatable bonds is 5. The van der Waals surface area contributed by atoms with Crippen LogP contribution in [0, 0.1) is 5.92 Å². The highest BCUT2D eigenvalue weighted by atomic mass is 32.2. The Morgan fingerprint density at radius 1 is 1.33 bits per heavy atom. The molecular weight excluding hydrogens is 297 g/mol. The van der Waals surface area contributed by atoms with Crippen LogP contribution in [0.5, 0.6) is 0 Å². The molecule has 1 fully saturated rings. The van der Waals surface area contributed by atoms with Crippen LogP contribution < -0.4 is 5.73 Å². The fourth-order valence-electron chi connectivity index (χ4n) is 2.87. The molecule has 1 aromatic carbocycles. The molecule has 0 radical (unpaired) electrons. The minimum absolute atomic E-state index is 0.0798. The van der Waals surface area contributed by atoms with Gasteiger partial charge < -0.3 is 5.73 Å². The van der Waals surface area contributed by atoms with Gasteiger partial charge >= 0.3 is 5.51 Å². The van der Waals surface area contributed by atoms with Crippen molar-refractivity contribution < 1.29 is 13.2 Å². The second-order valence-corrected chi connectivity index (χ2v) is 6.56. The summed E-state index contributed by atoms with van der Waals surface area (Å²) in [6.07, 6.45) is 2.34.